The van der Waals surface area contributed by atoms with Gasteiger partial charge in [-0.05, 0) is 24.3 Å². The highest BCUT2D eigenvalue weighted by Gasteiger charge is 2.15. The van der Waals surface area contributed by atoms with Crippen molar-refractivity contribution in [3.8, 4) is 0 Å². The van der Waals surface area contributed by atoms with Crippen molar-refractivity contribution in [3.63, 3.8) is 0 Å². The third-order valence-electron chi connectivity index (χ3n) is 2.66. The Bertz CT molecular complexity index is 665. The van der Waals surface area contributed by atoms with Gasteiger partial charge in [-0.25, -0.2) is 8.78 Å². The van der Waals surface area contributed by atoms with E-state index in [2.05, 4.69) is 21.2 Å². The number of rotatable bonds is 4. The molecule has 104 valence electrons. The van der Waals surface area contributed by atoms with E-state index in [0.717, 1.165) is 6.07 Å². The lowest BCUT2D eigenvalue weighted by molar-refractivity contribution is -0.385. The molecule has 0 radical (unpaired) electrons. The van der Waals surface area contributed by atoms with Gasteiger partial charge in [0.05, 0.1) is 10.6 Å². The molecule has 0 bridgehead atoms. The Hall–Kier alpha value is -2.02. The average Bonchev–Trinajstić information content (AvgIpc) is 2.41. The number of hydrogen-bond donors (Lipinski definition) is 1. The molecule has 0 spiro atoms. The molecule has 0 aliphatic rings. The summed E-state index contributed by atoms with van der Waals surface area (Å²) < 4.78 is 27.1. The van der Waals surface area contributed by atoms with E-state index in [0.29, 0.717) is 10.0 Å². The first-order chi connectivity index (χ1) is 9.49. The fraction of sp³-hybridized carbons (Fsp3) is 0.0769. The monoisotopic (exact) mass is 342 g/mol. The molecular weight excluding hydrogens is 334 g/mol. The Morgan fingerprint density at radius 2 is 2.00 bits per heavy atom. The molecule has 0 heterocycles. The molecule has 2 rings (SSSR count). The topological polar surface area (TPSA) is 55.2 Å². The van der Waals surface area contributed by atoms with E-state index in [9.17, 15) is 18.9 Å². The largest absolute Gasteiger partial charge is 0.378 e. The Kier molecular flexibility index (Phi) is 4.29. The third kappa shape index (κ3) is 3.11. The highest BCUT2D eigenvalue weighted by Crippen LogP contribution is 2.25. The summed E-state index contributed by atoms with van der Waals surface area (Å²) in [7, 11) is 0. The summed E-state index contributed by atoms with van der Waals surface area (Å²) in [4.78, 5) is 10.4. The standard InChI is InChI=1S/C13H9BrF2N2O2/c14-9-5-4-8(12(6-9)18(19)20)7-17-11-3-1-2-10(15)13(11)16/h1-6,17H,7H2. The van der Waals surface area contributed by atoms with E-state index in [4.69, 9.17) is 0 Å². The Morgan fingerprint density at radius 3 is 2.70 bits per heavy atom. The number of anilines is 1. The number of hydrogen-bond acceptors (Lipinski definition) is 3. The minimum absolute atomic E-state index is 0.0178. The van der Waals surface area contributed by atoms with E-state index in [1.807, 2.05) is 0 Å². The normalized spacial score (nSPS) is 10.3. The minimum Gasteiger partial charge on any atom is -0.378 e. The molecule has 2 aromatic carbocycles. The summed E-state index contributed by atoms with van der Waals surface area (Å²) in [5.74, 6) is -1.98. The van der Waals surface area contributed by atoms with Crippen molar-refractivity contribution < 1.29 is 13.7 Å². The summed E-state index contributed by atoms with van der Waals surface area (Å²) in [5, 5.41) is 13.6. The second-order valence-corrected chi connectivity index (χ2v) is 4.90. The van der Waals surface area contributed by atoms with Crippen LogP contribution < -0.4 is 5.32 Å². The molecule has 0 unspecified atom stereocenters. The number of nitro benzene ring substituents is 1. The summed E-state index contributed by atoms with van der Waals surface area (Å²) in [5.41, 5.74) is 0.243. The van der Waals surface area contributed by atoms with Crippen LogP contribution in [0.2, 0.25) is 0 Å². The highest BCUT2D eigenvalue weighted by atomic mass is 79.9. The van der Waals surface area contributed by atoms with Crippen molar-refractivity contribution in [1.82, 2.24) is 0 Å². The number of nitro groups is 1. The van der Waals surface area contributed by atoms with E-state index in [1.54, 1.807) is 12.1 Å². The maximum atomic E-state index is 13.4. The second kappa shape index (κ2) is 5.96. The fourth-order valence-electron chi connectivity index (χ4n) is 1.69. The van der Waals surface area contributed by atoms with Crippen LogP contribution in [0.4, 0.5) is 20.2 Å². The summed E-state index contributed by atoms with van der Waals surface area (Å²) >= 11 is 3.15. The van der Waals surface area contributed by atoms with Gasteiger partial charge in [-0.1, -0.05) is 22.0 Å². The summed E-state index contributed by atoms with van der Waals surface area (Å²) in [6.45, 7) is 0.0178. The SMILES string of the molecule is O=[N+]([O-])c1cc(Br)ccc1CNc1cccc(F)c1F. The molecule has 0 aromatic heterocycles. The Balaban J connectivity index is 2.23. The number of halogens is 3. The smallest absolute Gasteiger partial charge is 0.275 e. The van der Waals surface area contributed by atoms with Crippen LogP contribution in [0.25, 0.3) is 0 Å². The van der Waals surface area contributed by atoms with Crippen LogP contribution in [-0.2, 0) is 6.54 Å². The maximum absolute atomic E-state index is 13.4. The van der Waals surface area contributed by atoms with E-state index >= 15 is 0 Å². The summed E-state index contributed by atoms with van der Waals surface area (Å²) in [6.07, 6.45) is 0. The molecule has 0 saturated heterocycles. The zero-order valence-corrected chi connectivity index (χ0v) is 11.7. The van der Waals surface area contributed by atoms with E-state index < -0.39 is 16.6 Å². The average molecular weight is 343 g/mol. The van der Waals surface area contributed by atoms with Crippen LogP contribution in [0.3, 0.4) is 0 Å². The van der Waals surface area contributed by atoms with Gasteiger partial charge >= 0.3 is 0 Å². The lowest BCUT2D eigenvalue weighted by Crippen LogP contribution is -2.05. The first-order valence-corrected chi connectivity index (χ1v) is 6.39. The van der Waals surface area contributed by atoms with Crippen LogP contribution >= 0.6 is 15.9 Å². The molecule has 0 saturated carbocycles. The maximum Gasteiger partial charge on any atom is 0.275 e. The number of benzene rings is 2. The van der Waals surface area contributed by atoms with Gasteiger partial charge in [0.25, 0.3) is 5.69 Å². The van der Waals surface area contributed by atoms with Gasteiger partial charge in [-0.15, -0.1) is 0 Å². The highest BCUT2D eigenvalue weighted by molar-refractivity contribution is 9.10. The fourth-order valence-corrected chi connectivity index (χ4v) is 2.04. The van der Waals surface area contributed by atoms with Gasteiger partial charge in [-0.3, -0.25) is 10.1 Å². The molecule has 20 heavy (non-hydrogen) atoms. The molecule has 2 aromatic rings. The zero-order chi connectivity index (χ0) is 14.7. The molecular formula is C13H9BrF2N2O2. The quantitative estimate of drug-likeness (QED) is 0.667. The molecule has 1 N–H and O–H groups in total. The van der Waals surface area contributed by atoms with Gasteiger partial charge in [0.1, 0.15) is 0 Å². The van der Waals surface area contributed by atoms with Crippen molar-refractivity contribution >= 4 is 27.3 Å². The Labute approximate surface area is 121 Å². The van der Waals surface area contributed by atoms with Gasteiger partial charge in [-0.2, -0.15) is 0 Å². The van der Waals surface area contributed by atoms with Crippen LogP contribution in [0.1, 0.15) is 5.56 Å². The first-order valence-electron chi connectivity index (χ1n) is 5.59. The molecule has 0 aliphatic carbocycles. The lowest BCUT2D eigenvalue weighted by Gasteiger charge is -2.08. The van der Waals surface area contributed by atoms with Gasteiger partial charge < -0.3 is 5.32 Å². The van der Waals surface area contributed by atoms with Crippen LogP contribution in [0.5, 0.6) is 0 Å². The van der Waals surface area contributed by atoms with Crippen molar-refractivity contribution in [2.75, 3.05) is 5.32 Å². The van der Waals surface area contributed by atoms with Crippen molar-refractivity contribution in [1.29, 1.82) is 0 Å². The van der Waals surface area contributed by atoms with Crippen molar-refractivity contribution in [2.45, 2.75) is 6.54 Å². The minimum atomic E-state index is -1.01. The summed E-state index contributed by atoms with van der Waals surface area (Å²) in [6, 6.07) is 8.28. The number of nitrogens with one attached hydrogen (secondary N) is 1. The van der Waals surface area contributed by atoms with Crippen LogP contribution in [-0.4, -0.2) is 4.92 Å². The zero-order valence-electron chi connectivity index (χ0n) is 10.1. The predicted octanol–water partition coefficient (Wildman–Crippen LogP) is 4.25. The molecule has 4 nitrogen and oxygen atoms in total. The van der Waals surface area contributed by atoms with Gasteiger partial charge in [0.2, 0.25) is 0 Å². The second-order valence-electron chi connectivity index (χ2n) is 3.99. The van der Waals surface area contributed by atoms with Crippen molar-refractivity contribution in [2.24, 2.45) is 0 Å². The van der Waals surface area contributed by atoms with Crippen LogP contribution in [0.15, 0.2) is 40.9 Å². The van der Waals surface area contributed by atoms with E-state index in [-0.39, 0.29) is 17.9 Å². The first kappa shape index (κ1) is 14.4. The molecule has 7 heteroatoms. The molecule has 0 atom stereocenters. The van der Waals surface area contributed by atoms with Gasteiger partial charge in [0.15, 0.2) is 11.6 Å². The van der Waals surface area contributed by atoms with Crippen molar-refractivity contribution in [3.05, 3.63) is 68.2 Å². The molecule has 0 fully saturated rings. The number of nitrogens with zero attached hydrogens (tertiary/aromatic N) is 1. The van der Waals surface area contributed by atoms with E-state index in [1.165, 1.54) is 18.2 Å². The van der Waals surface area contributed by atoms with Gasteiger partial charge in [0, 0.05) is 22.6 Å². The third-order valence-corrected chi connectivity index (χ3v) is 3.16. The Morgan fingerprint density at radius 1 is 1.25 bits per heavy atom. The van der Waals surface area contributed by atoms with Crippen LogP contribution in [0, 0.1) is 21.7 Å². The lowest BCUT2D eigenvalue weighted by atomic mass is 10.1. The predicted molar refractivity (Wildman–Crippen MR) is 74.5 cm³/mol. The molecule has 0 aliphatic heterocycles. The molecule has 0 amide bonds.